The van der Waals surface area contributed by atoms with Gasteiger partial charge in [-0.05, 0) is 36.6 Å². The monoisotopic (exact) mass is 240 g/mol. The van der Waals surface area contributed by atoms with Gasteiger partial charge in [-0.15, -0.1) is 0 Å². The molecule has 0 saturated carbocycles. The van der Waals surface area contributed by atoms with Gasteiger partial charge in [0.2, 0.25) is 0 Å². The van der Waals surface area contributed by atoms with Crippen LogP contribution in [0.25, 0.3) is 0 Å². The summed E-state index contributed by atoms with van der Waals surface area (Å²) in [7, 11) is 0. The van der Waals surface area contributed by atoms with Gasteiger partial charge in [0, 0.05) is 12.2 Å². The Hall–Kier alpha value is -1.80. The molecule has 2 aromatic rings. The molecule has 0 aromatic heterocycles. The first-order valence-corrected chi connectivity index (χ1v) is 6.29. The van der Waals surface area contributed by atoms with Crippen molar-refractivity contribution in [2.45, 2.75) is 19.9 Å². The van der Waals surface area contributed by atoms with Gasteiger partial charge in [0.1, 0.15) is 0 Å². The lowest BCUT2D eigenvalue weighted by atomic mass is 10.1. The van der Waals surface area contributed by atoms with E-state index in [1.807, 2.05) is 18.2 Å². The fourth-order valence-corrected chi connectivity index (χ4v) is 2.04. The number of benzene rings is 2. The van der Waals surface area contributed by atoms with Gasteiger partial charge < -0.3 is 11.1 Å². The van der Waals surface area contributed by atoms with E-state index in [0.29, 0.717) is 6.54 Å². The van der Waals surface area contributed by atoms with Gasteiger partial charge in [0.15, 0.2) is 0 Å². The Morgan fingerprint density at radius 2 is 1.78 bits per heavy atom. The first-order chi connectivity index (χ1) is 8.70. The predicted octanol–water partition coefficient (Wildman–Crippen LogP) is 3.42. The molecule has 0 aliphatic carbocycles. The summed E-state index contributed by atoms with van der Waals surface area (Å²) in [6, 6.07) is 16.9. The molecule has 0 spiro atoms. The van der Waals surface area contributed by atoms with Crippen molar-refractivity contribution in [1.29, 1.82) is 0 Å². The van der Waals surface area contributed by atoms with E-state index in [2.05, 4.69) is 49.5 Å². The number of aryl methyl sites for hydroxylation is 2. The summed E-state index contributed by atoms with van der Waals surface area (Å²) in [6.45, 7) is 4.79. The Kier molecular flexibility index (Phi) is 4.00. The Bertz CT molecular complexity index is 506. The van der Waals surface area contributed by atoms with Crippen LogP contribution in [0.15, 0.2) is 48.5 Å². The first kappa shape index (κ1) is 12.7. The highest BCUT2D eigenvalue weighted by atomic mass is 14.9. The zero-order chi connectivity index (χ0) is 13.0. The fourth-order valence-electron chi connectivity index (χ4n) is 2.04. The van der Waals surface area contributed by atoms with Crippen molar-refractivity contribution in [2.24, 2.45) is 5.73 Å². The van der Waals surface area contributed by atoms with Gasteiger partial charge in [-0.25, -0.2) is 0 Å². The van der Waals surface area contributed by atoms with Crippen molar-refractivity contribution in [2.75, 3.05) is 11.9 Å². The van der Waals surface area contributed by atoms with Gasteiger partial charge in [-0.2, -0.15) is 0 Å². The highest BCUT2D eigenvalue weighted by Gasteiger charge is 2.10. The molecule has 1 unspecified atom stereocenters. The van der Waals surface area contributed by atoms with Crippen LogP contribution in [-0.2, 0) is 0 Å². The molecule has 0 aliphatic rings. The molecule has 0 radical (unpaired) electrons. The minimum Gasteiger partial charge on any atom is -0.377 e. The highest BCUT2D eigenvalue weighted by Crippen LogP contribution is 2.22. The fraction of sp³-hybridized carbons (Fsp3) is 0.250. The topological polar surface area (TPSA) is 38.0 Å². The van der Waals surface area contributed by atoms with Crippen molar-refractivity contribution in [3.63, 3.8) is 0 Å². The normalized spacial score (nSPS) is 12.2. The maximum atomic E-state index is 5.88. The van der Waals surface area contributed by atoms with Crippen LogP contribution in [0.3, 0.4) is 0 Å². The van der Waals surface area contributed by atoms with Crippen LogP contribution in [0.5, 0.6) is 0 Å². The molecule has 2 heteroatoms. The van der Waals surface area contributed by atoms with E-state index >= 15 is 0 Å². The zero-order valence-corrected chi connectivity index (χ0v) is 11.0. The first-order valence-electron chi connectivity index (χ1n) is 6.29. The van der Waals surface area contributed by atoms with Crippen LogP contribution in [0.1, 0.15) is 22.7 Å². The Labute approximate surface area is 109 Å². The molecule has 94 valence electrons. The number of rotatable bonds is 4. The molecule has 0 bridgehead atoms. The van der Waals surface area contributed by atoms with Crippen LogP contribution in [0, 0.1) is 13.8 Å². The van der Waals surface area contributed by atoms with Crippen LogP contribution in [0.4, 0.5) is 5.69 Å². The summed E-state index contributed by atoms with van der Waals surface area (Å²) >= 11 is 0. The number of nitrogens with one attached hydrogen (secondary N) is 1. The summed E-state index contributed by atoms with van der Waals surface area (Å²) < 4.78 is 0. The predicted molar refractivity (Wildman–Crippen MR) is 77.8 cm³/mol. The van der Waals surface area contributed by atoms with E-state index in [9.17, 15) is 0 Å². The number of hydrogen-bond acceptors (Lipinski definition) is 2. The van der Waals surface area contributed by atoms with E-state index in [1.54, 1.807) is 0 Å². The molecule has 0 heterocycles. The van der Waals surface area contributed by atoms with Crippen LogP contribution >= 0.6 is 0 Å². The molecule has 18 heavy (non-hydrogen) atoms. The maximum absolute atomic E-state index is 5.88. The molecule has 0 saturated heterocycles. The van der Waals surface area contributed by atoms with Gasteiger partial charge >= 0.3 is 0 Å². The van der Waals surface area contributed by atoms with E-state index in [0.717, 1.165) is 5.69 Å². The second-order valence-electron chi connectivity index (χ2n) is 4.66. The molecule has 2 rings (SSSR count). The molecule has 0 aliphatic heterocycles. The van der Waals surface area contributed by atoms with Crippen molar-refractivity contribution < 1.29 is 0 Å². The summed E-state index contributed by atoms with van der Waals surface area (Å²) in [5, 5.41) is 3.53. The lowest BCUT2D eigenvalue weighted by molar-refractivity contribution is 0.789. The molecule has 0 amide bonds. The van der Waals surface area contributed by atoms with E-state index in [1.165, 1.54) is 16.7 Å². The smallest absolute Gasteiger partial charge is 0.0636 e. The van der Waals surface area contributed by atoms with Crippen molar-refractivity contribution in [3.8, 4) is 0 Å². The molecule has 1 atom stereocenters. The average Bonchev–Trinajstić information content (AvgIpc) is 2.41. The third-order valence-corrected chi connectivity index (χ3v) is 3.16. The Morgan fingerprint density at radius 1 is 1.06 bits per heavy atom. The minimum absolute atomic E-state index is 0.159. The molecular weight excluding hydrogens is 220 g/mol. The molecule has 2 aromatic carbocycles. The SMILES string of the molecule is Cc1ccc(C)c(NC(CN)c2ccccc2)c1. The van der Waals surface area contributed by atoms with Gasteiger partial charge in [-0.1, -0.05) is 42.5 Å². The number of hydrogen-bond donors (Lipinski definition) is 2. The van der Waals surface area contributed by atoms with Gasteiger partial charge in [0.05, 0.1) is 6.04 Å². The van der Waals surface area contributed by atoms with Crippen LogP contribution < -0.4 is 11.1 Å². The minimum atomic E-state index is 0.159. The summed E-state index contributed by atoms with van der Waals surface area (Å²) in [5.41, 5.74) is 10.8. The largest absolute Gasteiger partial charge is 0.377 e. The highest BCUT2D eigenvalue weighted by molar-refractivity contribution is 5.54. The summed E-state index contributed by atoms with van der Waals surface area (Å²) in [6.07, 6.45) is 0. The molecular formula is C16H20N2. The Balaban J connectivity index is 2.23. The second-order valence-corrected chi connectivity index (χ2v) is 4.66. The Morgan fingerprint density at radius 3 is 2.44 bits per heavy atom. The van der Waals surface area contributed by atoms with E-state index in [-0.39, 0.29) is 6.04 Å². The third-order valence-electron chi connectivity index (χ3n) is 3.16. The third kappa shape index (κ3) is 2.90. The number of anilines is 1. The van der Waals surface area contributed by atoms with E-state index < -0.39 is 0 Å². The lowest BCUT2D eigenvalue weighted by Gasteiger charge is -2.20. The van der Waals surface area contributed by atoms with Crippen molar-refractivity contribution in [1.82, 2.24) is 0 Å². The van der Waals surface area contributed by atoms with Crippen LogP contribution in [0.2, 0.25) is 0 Å². The van der Waals surface area contributed by atoms with Crippen molar-refractivity contribution in [3.05, 3.63) is 65.2 Å². The van der Waals surface area contributed by atoms with Crippen LogP contribution in [-0.4, -0.2) is 6.54 Å². The lowest BCUT2D eigenvalue weighted by Crippen LogP contribution is -2.21. The summed E-state index contributed by atoms with van der Waals surface area (Å²) in [5.74, 6) is 0. The van der Waals surface area contributed by atoms with Crippen molar-refractivity contribution >= 4 is 5.69 Å². The average molecular weight is 240 g/mol. The zero-order valence-electron chi connectivity index (χ0n) is 11.0. The second kappa shape index (κ2) is 5.69. The maximum Gasteiger partial charge on any atom is 0.0636 e. The molecule has 2 nitrogen and oxygen atoms in total. The quantitative estimate of drug-likeness (QED) is 0.859. The standard InChI is InChI=1S/C16H20N2/c1-12-8-9-13(2)15(10-12)18-16(11-17)14-6-4-3-5-7-14/h3-10,16,18H,11,17H2,1-2H3. The number of nitrogens with two attached hydrogens (primary N) is 1. The van der Waals surface area contributed by atoms with Gasteiger partial charge in [0.25, 0.3) is 0 Å². The van der Waals surface area contributed by atoms with E-state index in [4.69, 9.17) is 5.73 Å². The molecule has 0 fully saturated rings. The van der Waals surface area contributed by atoms with Gasteiger partial charge in [-0.3, -0.25) is 0 Å². The molecule has 3 N–H and O–H groups in total. The summed E-state index contributed by atoms with van der Waals surface area (Å²) in [4.78, 5) is 0.